The standard InChI is InChI=1S/C14H6N2O8/c17-9-4-5(15(21)22)3-7-10(9)14(20)11-6(12(7)18)1-2-8(13(11)19)16(23)24/h1-4,17,19H. The molecule has 3 rings (SSSR count). The van der Waals surface area contributed by atoms with Gasteiger partial charge in [-0.3, -0.25) is 29.8 Å². The van der Waals surface area contributed by atoms with E-state index in [-0.39, 0.29) is 5.56 Å². The number of rotatable bonds is 2. The summed E-state index contributed by atoms with van der Waals surface area (Å²) in [6.45, 7) is 0. The molecule has 0 atom stereocenters. The lowest BCUT2D eigenvalue weighted by Crippen LogP contribution is -2.21. The van der Waals surface area contributed by atoms with E-state index in [9.17, 15) is 40.0 Å². The average Bonchev–Trinajstić information content (AvgIpc) is 2.51. The van der Waals surface area contributed by atoms with E-state index in [1.807, 2.05) is 0 Å². The fourth-order valence-corrected chi connectivity index (χ4v) is 2.55. The van der Waals surface area contributed by atoms with E-state index >= 15 is 0 Å². The van der Waals surface area contributed by atoms with Gasteiger partial charge >= 0.3 is 5.69 Å². The summed E-state index contributed by atoms with van der Waals surface area (Å²) in [5, 5.41) is 41.5. The molecule has 0 heterocycles. The molecule has 10 nitrogen and oxygen atoms in total. The molecule has 24 heavy (non-hydrogen) atoms. The van der Waals surface area contributed by atoms with E-state index in [1.165, 1.54) is 0 Å². The zero-order chi connectivity index (χ0) is 17.8. The number of aromatic hydroxyl groups is 2. The Morgan fingerprint density at radius 2 is 1.50 bits per heavy atom. The first kappa shape index (κ1) is 15.1. The molecule has 0 saturated heterocycles. The smallest absolute Gasteiger partial charge is 0.311 e. The number of benzene rings is 2. The van der Waals surface area contributed by atoms with Gasteiger partial charge in [-0.2, -0.15) is 0 Å². The number of phenols is 2. The molecule has 2 aromatic carbocycles. The molecule has 0 aliphatic heterocycles. The second kappa shape index (κ2) is 4.84. The van der Waals surface area contributed by atoms with Crippen LogP contribution in [-0.2, 0) is 0 Å². The number of phenolic OH excluding ortho intramolecular Hbond substituents is 2. The number of nitrogens with zero attached hydrogens (tertiary/aromatic N) is 2. The number of ketones is 2. The summed E-state index contributed by atoms with van der Waals surface area (Å²) in [6.07, 6.45) is 0. The molecule has 0 unspecified atom stereocenters. The number of hydrogen-bond donors (Lipinski definition) is 2. The van der Waals surface area contributed by atoms with Crippen LogP contribution in [0.5, 0.6) is 11.5 Å². The zero-order valence-electron chi connectivity index (χ0n) is 11.5. The molecule has 0 radical (unpaired) electrons. The largest absolute Gasteiger partial charge is 0.507 e. The lowest BCUT2D eigenvalue weighted by molar-refractivity contribution is -0.385. The molecule has 120 valence electrons. The SMILES string of the molecule is O=C1c2cc([N+](=O)[O-])cc(O)c2C(=O)c2c1ccc([N+](=O)[O-])c2O. The van der Waals surface area contributed by atoms with Crippen LogP contribution < -0.4 is 0 Å². The molecular weight excluding hydrogens is 324 g/mol. The van der Waals surface area contributed by atoms with Gasteiger partial charge in [0.25, 0.3) is 5.69 Å². The minimum absolute atomic E-state index is 0.338. The quantitative estimate of drug-likeness (QED) is 0.530. The Morgan fingerprint density at radius 3 is 2.08 bits per heavy atom. The van der Waals surface area contributed by atoms with Gasteiger partial charge in [0.05, 0.1) is 27.0 Å². The van der Waals surface area contributed by atoms with Gasteiger partial charge in [-0.25, -0.2) is 0 Å². The maximum atomic E-state index is 12.5. The molecule has 10 heteroatoms. The van der Waals surface area contributed by atoms with Gasteiger partial charge in [0.2, 0.25) is 11.5 Å². The highest BCUT2D eigenvalue weighted by Gasteiger charge is 2.38. The highest BCUT2D eigenvalue weighted by molar-refractivity contribution is 6.30. The average molecular weight is 330 g/mol. The first-order valence-corrected chi connectivity index (χ1v) is 6.35. The molecular formula is C14H6N2O8. The van der Waals surface area contributed by atoms with E-state index in [2.05, 4.69) is 0 Å². The van der Waals surface area contributed by atoms with Crippen LogP contribution in [0.4, 0.5) is 11.4 Å². The molecule has 0 amide bonds. The summed E-state index contributed by atoms with van der Waals surface area (Å²) in [5.74, 6) is -3.73. The maximum Gasteiger partial charge on any atom is 0.311 e. The fourth-order valence-electron chi connectivity index (χ4n) is 2.55. The molecule has 0 bridgehead atoms. The number of carbonyl (C=O) groups excluding carboxylic acids is 2. The van der Waals surface area contributed by atoms with Gasteiger partial charge in [-0.15, -0.1) is 0 Å². The molecule has 2 aromatic rings. The monoisotopic (exact) mass is 330 g/mol. The Morgan fingerprint density at radius 1 is 0.833 bits per heavy atom. The Bertz CT molecular complexity index is 979. The van der Waals surface area contributed by atoms with Crippen LogP contribution in [0.15, 0.2) is 24.3 Å². The molecule has 0 saturated carbocycles. The third kappa shape index (κ3) is 1.90. The van der Waals surface area contributed by atoms with Gasteiger partial charge in [0, 0.05) is 23.3 Å². The number of non-ortho nitro benzene ring substituents is 1. The topological polar surface area (TPSA) is 161 Å². The predicted octanol–water partition coefficient (Wildman–Crippen LogP) is 1.69. The van der Waals surface area contributed by atoms with Crippen molar-refractivity contribution in [3.05, 3.63) is 66.7 Å². The van der Waals surface area contributed by atoms with Gasteiger partial charge in [-0.1, -0.05) is 0 Å². The minimum Gasteiger partial charge on any atom is -0.507 e. The van der Waals surface area contributed by atoms with Crippen LogP contribution in [0, 0.1) is 20.2 Å². The number of hydrogen-bond acceptors (Lipinski definition) is 8. The van der Waals surface area contributed by atoms with E-state index in [4.69, 9.17) is 0 Å². The van der Waals surface area contributed by atoms with E-state index < -0.39 is 61.0 Å². The van der Waals surface area contributed by atoms with Crippen molar-refractivity contribution >= 4 is 22.9 Å². The van der Waals surface area contributed by atoms with Crippen molar-refractivity contribution in [3.8, 4) is 11.5 Å². The molecule has 2 N–H and O–H groups in total. The number of nitro benzene ring substituents is 2. The van der Waals surface area contributed by atoms with Crippen LogP contribution in [0.25, 0.3) is 0 Å². The van der Waals surface area contributed by atoms with Crippen molar-refractivity contribution in [2.75, 3.05) is 0 Å². The second-order valence-corrected chi connectivity index (χ2v) is 4.92. The van der Waals surface area contributed by atoms with Crippen LogP contribution in [0.2, 0.25) is 0 Å². The normalized spacial score (nSPS) is 12.5. The Hall–Kier alpha value is -3.82. The number of fused-ring (bicyclic) bond motifs is 2. The first-order valence-electron chi connectivity index (χ1n) is 6.35. The van der Waals surface area contributed by atoms with Gasteiger partial charge < -0.3 is 10.2 Å². The van der Waals surface area contributed by atoms with E-state index in [0.717, 1.165) is 18.2 Å². The Balaban J connectivity index is 2.34. The number of carbonyl (C=O) groups is 2. The molecule has 1 aliphatic rings. The van der Waals surface area contributed by atoms with Crippen LogP contribution in [0.1, 0.15) is 31.8 Å². The van der Waals surface area contributed by atoms with Crippen LogP contribution >= 0.6 is 0 Å². The van der Waals surface area contributed by atoms with E-state index in [0.29, 0.717) is 6.07 Å². The summed E-state index contributed by atoms with van der Waals surface area (Å²) in [5.41, 5.74) is -3.29. The van der Waals surface area contributed by atoms with Crippen molar-refractivity contribution in [3.63, 3.8) is 0 Å². The Kier molecular flexibility index (Phi) is 3.04. The molecule has 0 aromatic heterocycles. The van der Waals surface area contributed by atoms with Crippen LogP contribution in [0.3, 0.4) is 0 Å². The summed E-state index contributed by atoms with van der Waals surface area (Å²) < 4.78 is 0. The van der Waals surface area contributed by atoms with Crippen molar-refractivity contribution in [1.82, 2.24) is 0 Å². The van der Waals surface area contributed by atoms with Crippen molar-refractivity contribution < 1.29 is 29.6 Å². The Labute approximate surface area is 131 Å². The first-order chi connectivity index (χ1) is 11.2. The summed E-state index contributed by atoms with van der Waals surface area (Å²) >= 11 is 0. The third-order valence-electron chi connectivity index (χ3n) is 3.61. The van der Waals surface area contributed by atoms with Gasteiger partial charge in [0.1, 0.15) is 5.75 Å². The summed E-state index contributed by atoms with van der Waals surface area (Å²) in [4.78, 5) is 44.8. The summed E-state index contributed by atoms with van der Waals surface area (Å²) in [7, 11) is 0. The van der Waals surface area contributed by atoms with E-state index in [1.54, 1.807) is 0 Å². The predicted molar refractivity (Wildman–Crippen MR) is 76.4 cm³/mol. The molecule has 1 aliphatic carbocycles. The minimum atomic E-state index is -1.03. The zero-order valence-corrected chi connectivity index (χ0v) is 11.5. The molecule has 0 fully saturated rings. The highest BCUT2D eigenvalue weighted by Crippen LogP contribution is 2.41. The summed E-state index contributed by atoms with van der Waals surface area (Å²) in [6, 6.07) is 3.34. The lowest BCUT2D eigenvalue weighted by Gasteiger charge is -2.18. The fraction of sp³-hybridized carbons (Fsp3) is 0. The molecule has 0 spiro atoms. The van der Waals surface area contributed by atoms with Crippen molar-refractivity contribution in [1.29, 1.82) is 0 Å². The third-order valence-corrected chi connectivity index (χ3v) is 3.61. The van der Waals surface area contributed by atoms with Crippen LogP contribution in [-0.4, -0.2) is 31.6 Å². The van der Waals surface area contributed by atoms with Crippen molar-refractivity contribution in [2.45, 2.75) is 0 Å². The number of nitro groups is 2. The maximum absolute atomic E-state index is 12.5. The van der Waals surface area contributed by atoms with Crippen molar-refractivity contribution in [2.24, 2.45) is 0 Å². The lowest BCUT2D eigenvalue weighted by atomic mass is 9.82. The van der Waals surface area contributed by atoms with Gasteiger partial charge in [0.15, 0.2) is 5.78 Å². The van der Waals surface area contributed by atoms with Gasteiger partial charge in [-0.05, 0) is 6.07 Å². The second-order valence-electron chi connectivity index (χ2n) is 4.92. The highest BCUT2D eigenvalue weighted by atomic mass is 16.6.